The van der Waals surface area contributed by atoms with Gasteiger partial charge in [0.2, 0.25) is 0 Å². The van der Waals surface area contributed by atoms with Crippen molar-refractivity contribution in [1.29, 1.82) is 0 Å². The van der Waals surface area contributed by atoms with Gasteiger partial charge in [0.1, 0.15) is 5.75 Å². The highest BCUT2D eigenvalue weighted by Gasteiger charge is 2.19. The summed E-state index contributed by atoms with van der Waals surface area (Å²) in [6, 6.07) is 22.4. The quantitative estimate of drug-likeness (QED) is 0.497. The number of halogens is 1. The first-order chi connectivity index (χ1) is 16.1. The van der Waals surface area contributed by atoms with Gasteiger partial charge in [-0.2, -0.15) is 0 Å². The van der Waals surface area contributed by atoms with E-state index in [0.29, 0.717) is 59.9 Å². The number of carbonyl (C=O) groups is 2. The van der Waals surface area contributed by atoms with E-state index in [-0.39, 0.29) is 11.8 Å². The minimum atomic E-state index is -0.262. The third kappa shape index (κ3) is 6.21. The van der Waals surface area contributed by atoms with E-state index in [2.05, 4.69) is 33.4 Å². The van der Waals surface area contributed by atoms with Gasteiger partial charge in [-0.25, -0.2) is 0 Å². The minimum absolute atomic E-state index is 0.0610. The summed E-state index contributed by atoms with van der Waals surface area (Å²) in [6.07, 6.45) is 0.801. The van der Waals surface area contributed by atoms with Crippen molar-refractivity contribution in [2.75, 3.05) is 38.2 Å². The molecule has 1 saturated heterocycles. The number of rotatable bonds is 7. The van der Waals surface area contributed by atoms with Crippen molar-refractivity contribution >= 4 is 33.4 Å². The molecule has 0 aromatic heterocycles. The Morgan fingerprint density at radius 3 is 2.48 bits per heavy atom. The van der Waals surface area contributed by atoms with Crippen LogP contribution in [-0.4, -0.2) is 49.6 Å². The van der Waals surface area contributed by atoms with Gasteiger partial charge in [0.05, 0.1) is 24.3 Å². The number of benzene rings is 3. The molecule has 2 amide bonds. The van der Waals surface area contributed by atoms with E-state index in [0.717, 1.165) is 6.42 Å². The number of amides is 2. The van der Waals surface area contributed by atoms with Gasteiger partial charge in [0.25, 0.3) is 11.8 Å². The zero-order chi connectivity index (χ0) is 23.0. The summed E-state index contributed by atoms with van der Waals surface area (Å²) in [7, 11) is 0. The Balaban J connectivity index is 1.36. The smallest absolute Gasteiger partial charge is 0.255 e. The predicted molar refractivity (Wildman–Crippen MR) is 131 cm³/mol. The minimum Gasteiger partial charge on any atom is -0.492 e. The van der Waals surface area contributed by atoms with Crippen LogP contribution in [0.15, 0.2) is 77.3 Å². The lowest BCUT2D eigenvalue weighted by Crippen LogP contribution is -2.40. The second-order valence-corrected chi connectivity index (χ2v) is 8.52. The molecule has 3 aromatic rings. The SMILES string of the molecule is O=C(Nc1cccc(C(=O)N2CCOCC2)c1)c1ccc(OCCc2ccccc2)c(Br)c1. The van der Waals surface area contributed by atoms with Crippen LogP contribution in [0, 0.1) is 0 Å². The first kappa shape index (κ1) is 23.0. The van der Waals surface area contributed by atoms with Crippen LogP contribution in [-0.2, 0) is 11.2 Å². The molecule has 0 atom stereocenters. The molecule has 3 aromatic carbocycles. The lowest BCUT2D eigenvalue weighted by atomic mass is 10.1. The molecule has 1 fully saturated rings. The van der Waals surface area contributed by atoms with Crippen molar-refractivity contribution in [2.45, 2.75) is 6.42 Å². The Hall–Kier alpha value is -3.16. The van der Waals surface area contributed by atoms with Crippen LogP contribution in [0.4, 0.5) is 5.69 Å². The number of hydrogen-bond acceptors (Lipinski definition) is 4. The van der Waals surface area contributed by atoms with Gasteiger partial charge >= 0.3 is 0 Å². The van der Waals surface area contributed by atoms with Crippen LogP contribution in [0.1, 0.15) is 26.3 Å². The maximum absolute atomic E-state index is 12.8. The lowest BCUT2D eigenvalue weighted by molar-refractivity contribution is 0.0303. The second kappa shape index (κ2) is 11.1. The van der Waals surface area contributed by atoms with E-state index in [1.807, 2.05) is 18.2 Å². The molecule has 0 radical (unpaired) electrons. The topological polar surface area (TPSA) is 67.9 Å². The molecule has 0 unspecified atom stereocenters. The zero-order valence-electron chi connectivity index (χ0n) is 18.1. The van der Waals surface area contributed by atoms with Crippen LogP contribution in [0.25, 0.3) is 0 Å². The second-order valence-electron chi connectivity index (χ2n) is 7.67. The molecule has 1 N–H and O–H groups in total. The first-order valence-corrected chi connectivity index (χ1v) is 11.6. The average Bonchev–Trinajstić information content (AvgIpc) is 2.86. The molecule has 4 rings (SSSR count). The van der Waals surface area contributed by atoms with Crippen molar-refractivity contribution in [3.63, 3.8) is 0 Å². The van der Waals surface area contributed by atoms with Crippen LogP contribution in [0.3, 0.4) is 0 Å². The number of morpholine rings is 1. The Labute approximate surface area is 201 Å². The molecule has 1 heterocycles. The van der Waals surface area contributed by atoms with E-state index in [1.165, 1.54) is 5.56 Å². The van der Waals surface area contributed by atoms with Gasteiger partial charge < -0.3 is 19.7 Å². The number of ether oxygens (including phenoxy) is 2. The molecular weight excluding hydrogens is 484 g/mol. The van der Waals surface area contributed by atoms with Gasteiger partial charge in [-0.1, -0.05) is 36.4 Å². The monoisotopic (exact) mass is 508 g/mol. The summed E-state index contributed by atoms with van der Waals surface area (Å²) in [5.74, 6) is 0.359. The van der Waals surface area contributed by atoms with Crippen molar-refractivity contribution in [1.82, 2.24) is 4.90 Å². The van der Waals surface area contributed by atoms with Crippen molar-refractivity contribution in [3.8, 4) is 5.75 Å². The Morgan fingerprint density at radius 1 is 0.939 bits per heavy atom. The summed E-state index contributed by atoms with van der Waals surface area (Å²) in [5, 5.41) is 2.87. The van der Waals surface area contributed by atoms with Crippen LogP contribution in [0.5, 0.6) is 5.75 Å². The predicted octanol–water partition coefficient (Wildman–Crippen LogP) is 4.80. The number of nitrogens with zero attached hydrogens (tertiary/aromatic N) is 1. The molecule has 0 bridgehead atoms. The molecule has 1 aliphatic rings. The zero-order valence-corrected chi connectivity index (χ0v) is 19.7. The number of hydrogen-bond donors (Lipinski definition) is 1. The van der Waals surface area contributed by atoms with E-state index in [4.69, 9.17) is 9.47 Å². The van der Waals surface area contributed by atoms with E-state index < -0.39 is 0 Å². The highest BCUT2D eigenvalue weighted by Crippen LogP contribution is 2.27. The van der Waals surface area contributed by atoms with Gasteiger partial charge in [-0.15, -0.1) is 0 Å². The maximum Gasteiger partial charge on any atom is 0.255 e. The molecule has 0 aliphatic carbocycles. The molecule has 6 nitrogen and oxygen atoms in total. The number of carbonyl (C=O) groups excluding carboxylic acids is 2. The molecule has 0 spiro atoms. The van der Waals surface area contributed by atoms with E-state index >= 15 is 0 Å². The van der Waals surface area contributed by atoms with E-state index in [1.54, 1.807) is 47.4 Å². The Kier molecular flexibility index (Phi) is 7.75. The van der Waals surface area contributed by atoms with Crippen molar-refractivity contribution < 1.29 is 19.1 Å². The normalized spacial score (nSPS) is 13.4. The van der Waals surface area contributed by atoms with Crippen LogP contribution < -0.4 is 10.1 Å². The summed E-state index contributed by atoms with van der Waals surface area (Å²) in [5.41, 5.74) is 2.80. The highest BCUT2D eigenvalue weighted by atomic mass is 79.9. The first-order valence-electron chi connectivity index (χ1n) is 10.8. The summed E-state index contributed by atoms with van der Waals surface area (Å²) >= 11 is 3.50. The fourth-order valence-corrected chi connectivity index (χ4v) is 4.06. The average molecular weight is 509 g/mol. The van der Waals surface area contributed by atoms with Crippen molar-refractivity contribution in [2.24, 2.45) is 0 Å². The van der Waals surface area contributed by atoms with Gasteiger partial charge in [0, 0.05) is 36.3 Å². The van der Waals surface area contributed by atoms with Gasteiger partial charge in [-0.05, 0) is 57.9 Å². The Bertz CT molecular complexity index is 1110. The largest absolute Gasteiger partial charge is 0.492 e. The molecule has 0 saturated carbocycles. The number of nitrogens with one attached hydrogen (secondary N) is 1. The summed E-state index contributed by atoms with van der Waals surface area (Å²) in [4.78, 5) is 27.2. The number of anilines is 1. The maximum atomic E-state index is 12.8. The molecule has 170 valence electrons. The van der Waals surface area contributed by atoms with Crippen molar-refractivity contribution in [3.05, 3.63) is 94.0 Å². The highest BCUT2D eigenvalue weighted by molar-refractivity contribution is 9.10. The van der Waals surface area contributed by atoms with Crippen LogP contribution >= 0.6 is 15.9 Å². The Morgan fingerprint density at radius 2 is 1.73 bits per heavy atom. The molecular formula is C26H25BrN2O4. The molecule has 1 aliphatic heterocycles. The third-order valence-electron chi connectivity index (χ3n) is 5.35. The van der Waals surface area contributed by atoms with Crippen LogP contribution in [0.2, 0.25) is 0 Å². The van der Waals surface area contributed by atoms with Gasteiger partial charge in [0.15, 0.2) is 0 Å². The van der Waals surface area contributed by atoms with Gasteiger partial charge in [-0.3, -0.25) is 9.59 Å². The van der Waals surface area contributed by atoms with E-state index in [9.17, 15) is 9.59 Å². The summed E-state index contributed by atoms with van der Waals surface area (Å²) in [6.45, 7) is 2.77. The third-order valence-corrected chi connectivity index (χ3v) is 5.97. The molecule has 7 heteroatoms. The summed E-state index contributed by atoms with van der Waals surface area (Å²) < 4.78 is 11.9. The fraction of sp³-hybridized carbons (Fsp3) is 0.231. The fourth-order valence-electron chi connectivity index (χ4n) is 3.56. The standard InChI is InChI=1S/C26H25BrN2O4/c27-23-18-20(9-10-24(23)33-14-11-19-5-2-1-3-6-19)25(30)28-22-8-4-7-21(17-22)26(31)29-12-15-32-16-13-29/h1-10,17-18H,11-16H2,(H,28,30). The lowest BCUT2D eigenvalue weighted by Gasteiger charge is -2.27. The molecule has 33 heavy (non-hydrogen) atoms.